The van der Waals surface area contributed by atoms with Crippen LogP contribution in [0.25, 0.3) is 0 Å². The number of nitrogens with zero attached hydrogens (tertiary/aromatic N) is 1. The van der Waals surface area contributed by atoms with Gasteiger partial charge in [-0.25, -0.2) is 13.4 Å². The fraction of sp³-hybridized carbons (Fsp3) is 0.111. The molecule has 0 atom stereocenters. The normalized spacial score (nSPS) is 11.1. The Morgan fingerprint density at radius 1 is 1.08 bits per heavy atom. The lowest BCUT2D eigenvalue weighted by atomic mass is 10.1. The largest absolute Gasteiger partial charge is 0.310 e. The predicted molar refractivity (Wildman–Crippen MR) is 103 cm³/mol. The van der Waals surface area contributed by atoms with Crippen molar-refractivity contribution in [2.24, 2.45) is 0 Å². The summed E-state index contributed by atoms with van der Waals surface area (Å²) < 4.78 is 27.1. The number of aromatic nitrogens is 1. The smallest absolute Gasteiger partial charge is 0.271 e. The van der Waals surface area contributed by atoms with Crippen LogP contribution in [-0.2, 0) is 21.2 Å². The van der Waals surface area contributed by atoms with Crippen LogP contribution < -0.4 is 10.0 Å². The summed E-state index contributed by atoms with van der Waals surface area (Å²) in [6.45, 7) is 1.85. The third-order valence-corrected chi connectivity index (χ3v) is 6.27. The van der Waals surface area contributed by atoms with E-state index in [-0.39, 0.29) is 16.5 Å². The number of sulfonamides is 1. The third kappa shape index (κ3) is 4.68. The first kappa shape index (κ1) is 18.1. The first-order valence-electron chi connectivity index (χ1n) is 7.81. The van der Waals surface area contributed by atoms with E-state index in [4.69, 9.17) is 0 Å². The van der Waals surface area contributed by atoms with Crippen molar-refractivity contribution in [2.75, 3.05) is 10.0 Å². The molecule has 8 heteroatoms. The second-order valence-electron chi connectivity index (χ2n) is 5.62. The lowest BCUT2D eigenvalue weighted by Crippen LogP contribution is -2.15. The minimum Gasteiger partial charge on any atom is -0.310 e. The summed E-state index contributed by atoms with van der Waals surface area (Å²) in [6, 6.07) is 15.4. The Kier molecular flexibility index (Phi) is 5.34. The van der Waals surface area contributed by atoms with Crippen LogP contribution in [0.5, 0.6) is 0 Å². The number of carbonyl (C=O) groups excluding carboxylic acids is 1. The van der Waals surface area contributed by atoms with Crippen LogP contribution in [0.2, 0.25) is 0 Å². The number of carbonyl (C=O) groups is 1. The van der Waals surface area contributed by atoms with Crippen LogP contribution in [0.3, 0.4) is 0 Å². The number of aryl methyl sites for hydroxylation is 1. The molecule has 0 fully saturated rings. The van der Waals surface area contributed by atoms with Crippen molar-refractivity contribution in [3.05, 3.63) is 71.2 Å². The Labute approximate surface area is 156 Å². The lowest BCUT2D eigenvalue weighted by molar-refractivity contribution is -0.115. The van der Waals surface area contributed by atoms with Gasteiger partial charge in [0.15, 0.2) is 0 Å². The first-order chi connectivity index (χ1) is 12.4. The predicted octanol–water partition coefficient (Wildman–Crippen LogP) is 3.43. The Hall–Kier alpha value is -2.71. The van der Waals surface area contributed by atoms with Gasteiger partial charge in [-0.1, -0.05) is 24.3 Å². The lowest BCUT2D eigenvalue weighted by Gasteiger charge is -2.08. The van der Waals surface area contributed by atoms with Crippen LogP contribution in [0.4, 0.5) is 11.5 Å². The third-order valence-electron chi connectivity index (χ3n) is 3.49. The van der Waals surface area contributed by atoms with Crippen LogP contribution in [0.15, 0.2) is 64.2 Å². The van der Waals surface area contributed by atoms with Gasteiger partial charge in [0.2, 0.25) is 5.91 Å². The van der Waals surface area contributed by atoms with Crippen LogP contribution >= 0.6 is 11.3 Å². The second kappa shape index (κ2) is 7.67. The Bertz CT molecular complexity index is 998. The number of thiophene rings is 1. The molecule has 1 amide bonds. The van der Waals surface area contributed by atoms with Gasteiger partial charge in [-0.2, -0.15) is 0 Å². The number of pyridine rings is 1. The average molecular weight is 387 g/mol. The molecule has 0 aliphatic heterocycles. The number of benzene rings is 1. The minimum absolute atomic E-state index is 0.174. The van der Waals surface area contributed by atoms with Gasteiger partial charge < -0.3 is 5.32 Å². The molecule has 1 aromatic carbocycles. The molecule has 2 heterocycles. The maximum absolute atomic E-state index is 12.2. The van der Waals surface area contributed by atoms with Crippen molar-refractivity contribution < 1.29 is 13.2 Å². The minimum atomic E-state index is -3.57. The summed E-state index contributed by atoms with van der Waals surface area (Å²) in [7, 11) is -3.57. The maximum Gasteiger partial charge on any atom is 0.271 e. The molecule has 2 aromatic heterocycles. The summed E-state index contributed by atoms with van der Waals surface area (Å²) in [5, 5.41) is 4.45. The Morgan fingerprint density at radius 3 is 2.50 bits per heavy atom. The van der Waals surface area contributed by atoms with Crippen molar-refractivity contribution in [3.8, 4) is 0 Å². The van der Waals surface area contributed by atoms with E-state index in [1.807, 2.05) is 19.1 Å². The van der Waals surface area contributed by atoms with E-state index in [9.17, 15) is 13.2 Å². The second-order valence-corrected chi connectivity index (χ2v) is 8.48. The fourth-order valence-electron chi connectivity index (χ4n) is 2.30. The highest BCUT2D eigenvalue weighted by atomic mass is 32.2. The molecule has 3 aromatic rings. The van der Waals surface area contributed by atoms with E-state index in [2.05, 4.69) is 15.0 Å². The van der Waals surface area contributed by atoms with Crippen molar-refractivity contribution in [1.29, 1.82) is 0 Å². The highest BCUT2D eigenvalue weighted by Crippen LogP contribution is 2.20. The summed E-state index contributed by atoms with van der Waals surface area (Å²) in [4.78, 5) is 16.3. The zero-order valence-corrected chi connectivity index (χ0v) is 15.6. The van der Waals surface area contributed by atoms with Crippen molar-refractivity contribution >= 4 is 38.8 Å². The van der Waals surface area contributed by atoms with Gasteiger partial charge in [0.05, 0.1) is 6.42 Å². The van der Waals surface area contributed by atoms with Crippen LogP contribution in [-0.4, -0.2) is 19.3 Å². The highest BCUT2D eigenvalue weighted by Gasteiger charge is 2.15. The number of rotatable bonds is 6. The van der Waals surface area contributed by atoms with E-state index in [0.717, 1.165) is 22.6 Å². The molecule has 6 nitrogen and oxygen atoms in total. The van der Waals surface area contributed by atoms with Crippen molar-refractivity contribution in [1.82, 2.24) is 4.98 Å². The summed E-state index contributed by atoms with van der Waals surface area (Å²) in [5.74, 6) is 0.324. The number of hydrogen-bond acceptors (Lipinski definition) is 5. The van der Waals surface area contributed by atoms with Gasteiger partial charge in [0.25, 0.3) is 10.0 Å². The molecule has 3 rings (SSSR count). The summed E-state index contributed by atoms with van der Waals surface area (Å²) in [6.07, 6.45) is 0.174. The van der Waals surface area contributed by atoms with E-state index in [1.54, 1.807) is 47.8 Å². The Balaban J connectivity index is 1.62. The number of amides is 1. The molecule has 0 radical (unpaired) electrons. The van der Waals surface area contributed by atoms with Gasteiger partial charge in [0.1, 0.15) is 10.0 Å². The maximum atomic E-state index is 12.2. The molecule has 134 valence electrons. The standard InChI is InChI=1S/C18H17N3O3S2/c1-13-4-2-5-16(19-13)20-17(22)12-14-7-9-15(10-8-14)21-26(23,24)18-6-3-11-25-18/h2-11,21H,12H2,1H3,(H,19,20,22). The molecule has 0 aliphatic rings. The van der Waals surface area contributed by atoms with Crippen molar-refractivity contribution in [2.45, 2.75) is 17.6 Å². The molecule has 0 bridgehead atoms. The SMILES string of the molecule is Cc1cccc(NC(=O)Cc2ccc(NS(=O)(=O)c3cccs3)cc2)n1. The molecule has 0 unspecified atom stereocenters. The van der Waals surface area contributed by atoms with Gasteiger partial charge in [-0.3, -0.25) is 9.52 Å². The molecular weight excluding hydrogens is 370 g/mol. The molecule has 0 saturated carbocycles. The number of nitrogens with one attached hydrogen (secondary N) is 2. The average Bonchev–Trinajstić information content (AvgIpc) is 3.12. The Morgan fingerprint density at radius 2 is 1.85 bits per heavy atom. The van der Waals surface area contributed by atoms with Crippen molar-refractivity contribution in [3.63, 3.8) is 0 Å². The van der Waals surface area contributed by atoms with Gasteiger partial charge in [-0.05, 0) is 48.2 Å². The molecule has 26 heavy (non-hydrogen) atoms. The molecular formula is C18H17N3O3S2. The monoisotopic (exact) mass is 387 g/mol. The van der Waals surface area contributed by atoms with Gasteiger partial charge >= 0.3 is 0 Å². The molecule has 0 saturated heterocycles. The number of anilines is 2. The molecule has 2 N–H and O–H groups in total. The van der Waals surface area contributed by atoms with Gasteiger partial charge in [0, 0.05) is 11.4 Å². The van der Waals surface area contributed by atoms with E-state index >= 15 is 0 Å². The highest BCUT2D eigenvalue weighted by molar-refractivity contribution is 7.94. The zero-order valence-electron chi connectivity index (χ0n) is 14.0. The quantitative estimate of drug-likeness (QED) is 0.678. The van der Waals surface area contributed by atoms with E-state index < -0.39 is 10.0 Å². The fourth-order valence-corrected chi connectivity index (χ4v) is 4.35. The molecule has 0 aliphatic carbocycles. The van der Waals surface area contributed by atoms with Gasteiger partial charge in [-0.15, -0.1) is 11.3 Å². The van der Waals surface area contributed by atoms with E-state index in [1.165, 1.54) is 0 Å². The topological polar surface area (TPSA) is 88.2 Å². The summed E-state index contributed by atoms with van der Waals surface area (Å²) in [5.41, 5.74) is 2.04. The first-order valence-corrected chi connectivity index (χ1v) is 10.2. The summed E-state index contributed by atoms with van der Waals surface area (Å²) >= 11 is 1.15. The van der Waals surface area contributed by atoms with Crippen LogP contribution in [0, 0.1) is 6.92 Å². The van der Waals surface area contributed by atoms with E-state index in [0.29, 0.717) is 11.5 Å². The number of hydrogen-bond donors (Lipinski definition) is 2. The molecule has 0 spiro atoms. The van der Waals surface area contributed by atoms with Crippen LogP contribution in [0.1, 0.15) is 11.3 Å². The zero-order chi connectivity index (χ0) is 18.6.